The van der Waals surface area contributed by atoms with Gasteiger partial charge in [0.05, 0.1) is 18.2 Å². The Hall–Kier alpha value is -3.16. The van der Waals surface area contributed by atoms with Gasteiger partial charge >= 0.3 is 12.0 Å². The van der Waals surface area contributed by atoms with Crippen LogP contribution in [-0.2, 0) is 16.1 Å². The second-order valence-corrected chi connectivity index (χ2v) is 8.92. The number of ether oxygens (including phenoxy) is 1. The van der Waals surface area contributed by atoms with E-state index in [9.17, 15) is 9.59 Å². The minimum atomic E-state index is -0.529. The molecule has 0 aromatic heterocycles. The Labute approximate surface area is 202 Å². The lowest BCUT2D eigenvalue weighted by molar-refractivity contribution is -0.139. The Balaban J connectivity index is 1.56. The molecule has 34 heavy (non-hydrogen) atoms. The predicted molar refractivity (Wildman–Crippen MR) is 132 cm³/mol. The molecule has 1 N–H and O–H groups in total. The molecule has 180 valence electrons. The summed E-state index contributed by atoms with van der Waals surface area (Å²) in [5, 5.41) is 3.02. The molecule has 0 saturated carbocycles. The fourth-order valence-electron chi connectivity index (χ4n) is 4.70. The first-order valence-corrected chi connectivity index (χ1v) is 12.0. The number of esters is 1. The van der Waals surface area contributed by atoms with Gasteiger partial charge in [0.15, 0.2) is 0 Å². The Bertz CT molecular complexity index is 1040. The average Bonchev–Trinajstić information content (AvgIpc) is 2.84. The van der Waals surface area contributed by atoms with E-state index in [0.717, 1.165) is 43.9 Å². The highest BCUT2D eigenvalue weighted by Crippen LogP contribution is 2.33. The van der Waals surface area contributed by atoms with Crippen LogP contribution in [0.3, 0.4) is 0 Å². The summed E-state index contributed by atoms with van der Waals surface area (Å²) in [6, 6.07) is 17.6. The van der Waals surface area contributed by atoms with Gasteiger partial charge in [-0.3, -0.25) is 14.7 Å². The van der Waals surface area contributed by atoms with Crippen molar-refractivity contribution in [3.05, 3.63) is 82.6 Å². The molecule has 4 rings (SSSR count). The van der Waals surface area contributed by atoms with Crippen molar-refractivity contribution in [1.82, 2.24) is 20.0 Å². The van der Waals surface area contributed by atoms with Crippen molar-refractivity contribution in [3.63, 3.8) is 0 Å². The molecule has 7 heteroatoms. The maximum absolute atomic E-state index is 13.2. The quantitative estimate of drug-likeness (QED) is 0.640. The van der Waals surface area contributed by atoms with E-state index in [1.165, 1.54) is 5.56 Å². The number of urea groups is 1. The largest absolute Gasteiger partial charge is 0.463 e. The van der Waals surface area contributed by atoms with Crippen LogP contribution in [0, 0.1) is 6.92 Å². The lowest BCUT2D eigenvalue weighted by Crippen LogP contribution is -2.52. The fraction of sp³-hybridized carbons (Fsp3) is 0.407. The fourth-order valence-corrected chi connectivity index (χ4v) is 4.70. The van der Waals surface area contributed by atoms with E-state index >= 15 is 0 Å². The molecule has 2 amide bonds. The van der Waals surface area contributed by atoms with E-state index < -0.39 is 6.04 Å². The monoisotopic (exact) mass is 462 g/mol. The number of hydrogen-bond acceptors (Lipinski definition) is 5. The normalized spacial score (nSPS) is 19.8. The lowest BCUT2D eigenvalue weighted by Gasteiger charge is -2.39. The summed E-state index contributed by atoms with van der Waals surface area (Å²) in [5.41, 5.74) is 4.48. The van der Waals surface area contributed by atoms with Gasteiger partial charge in [-0.1, -0.05) is 54.6 Å². The third-order valence-electron chi connectivity index (χ3n) is 6.66. The van der Waals surface area contributed by atoms with Gasteiger partial charge in [0.1, 0.15) is 0 Å². The number of nitrogens with zero attached hydrogens (tertiary/aromatic N) is 3. The van der Waals surface area contributed by atoms with Gasteiger partial charge in [-0.15, -0.1) is 0 Å². The summed E-state index contributed by atoms with van der Waals surface area (Å²) < 4.78 is 5.46. The lowest BCUT2D eigenvalue weighted by atomic mass is 9.91. The summed E-state index contributed by atoms with van der Waals surface area (Å²) in [4.78, 5) is 32.4. The molecule has 2 aromatic rings. The van der Waals surface area contributed by atoms with Crippen molar-refractivity contribution in [1.29, 1.82) is 0 Å². The van der Waals surface area contributed by atoms with E-state index in [4.69, 9.17) is 4.74 Å². The summed E-state index contributed by atoms with van der Waals surface area (Å²) >= 11 is 0. The Kier molecular flexibility index (Phi) is 7.65. The maximum atomic E-state index is 13.2. The van der Waals surface area contributed by atoms with Gasteiger partial charge in [-0.2, -0.15) is 0 Å². The van der Waals surface area contributed by atoms with Crippen molar-refractivity contribution < 1.29 is 14.3 Å². The van der Waals surface area contributed by atoms with E-state index in [-0.39, 0.29) is 18.6 Å². The van der Waals surface area contributed by atoms with Crippen LogP contribution in [0.2, 0.25) is 0 Å². The topological polar surface area (TPSA) is 65.1 Å². The molecule has 1 atom stereocenters. The van der Waals surface area contributed by atoms with Crippen molar-refractivity contribution in [2.45, 2.75) is 26.4 Å². The second-order valence-electron chi connectivity index (χ2n) is 8.92. The molecule has 0 radical (unpaired) electrons. The van der Waals surface area contributed by atoms with Gasteiger partial charge < -0.3 is 10.1 Å². The predicted octanol–water partition coefficient (Wildman–Crippen LogP) is 3.33. The standard InChI is InChI=1S/C27H34N4O3/c1-4-34-26(32)24-23(29(3)27(33)28-25(24)22-13-9-8-10-20(22)2)19-31-16-14-30(15-17-31)18-21-11-6-5-7-12-21/h5-13,25H,4,14-19H2,1-3H3,(H,28,33)/t25-/m1/s1. The van der Waals surface area contributed by atoms with Crippen molar-refractivity contribution in [2.75, 3.05) is 46.4 Å². The summed E-state index contributed by atoms with van der Waals surface area (Å²) in [7, 11) is 1.73. The minimum absolute atomic E-state index is 0.209. The molecule has 0 aliphatic carbocycles. The summed E-state index contributed by atoms with van der Waals surface area (Å²) in [6.45, 7) is 9.16. The molecule has 0 bridgehead atoms. The maximum Gasteiger partial charge on any atom is 0.338 e. The molecular formula is C27H34N4O3. The second kappa shape index (κ2) is 10.8. The van der Waals surface area contributed by atoms with Crippen LogP contribution in [0.1, 0.15) is 29.7 Å². The van der Waals surface area contributed by atoms with Gasteiger partial charge in [-0.05, 0) is 30.5 Å². The number of nitrogens with one attached hydrogen (secondary N) is 1. The number of benzene rings is 2. The number of aryl methyl sites for hydroxylation is 1. The molecule has 0 unspecified atom stereocenters. The Morgan fingerprint density at radius 1 is 0.971 bits per heavy atom. The number of piperazine rings is 1. The molecular weight excluding hydrogens is 428 g/mol. The SMILES string of the molecule is CCOC(=O)C1=C(CN2CCN(Cc3ccccc3)CC2)N(C)C(=O)N[C@@H]1c1ccccc1C. The molecule has 1 saturated heterocycles. The highest BCUT2D eigenvalue weighted by molar-refractivity contribution is 5.95. The molecule has 7 nitrogen and oxygen atoms in total. The molecule has 2 heterocycles. The van der Waals surface area contributed by atoms with E-state index in [2.05, 4.69) is 39.4 Å². The van der Waals surface area contributed by atoms with Crippen LogP contribution in [0.5, 0.6) is 0 Å². The molecule has 1 fully saturated rings. The minimum Gasteiger partial charge on any atom is -0.463 e. The van der Waals surface area contributed by atoms with Gasteiger partial charge in [0.25, 0.3) is 0 Å². The van der Waals surface area contributed by atoms with E-state index in [1.807, 2.05) is 37.3 Å². The van der Waals surface area contributed by atoms with Crippen molar-refractivity contribution in [3.8, 4) is 0 Å². The Morgan fingerprint density at radius 3 is 2.24 bits per heavy atom. The first kappa shape index (κ1) is 24.0. The molecule has 2 aliphatic rings. The number of likely N-dealkylation sites (N-methyl/N-ethyl adjacent to an activating group) is 1. The van der Waals surface area contributed by atoms with Gasteiger partial charge in [-0.25, -0.2) is 9.59 Å². The first-order valence-electron chi connectivity index (χ1n) is 12.0. The molecule has 2 aromatic carbocycles. The highest BCUT2D eigenvalue weighted by atomic mass is 16.5. The van der Waals surface area contributed by atoms with Gasteiger partial charge in [0.2, 0.25) is 0 Å². The highest BCUT2D eigenvalue weighted by Gasteiger charge is 2.38. The van der Waals surface area contributed by atoms with Crippen LogP contribution in [0.15, 0.2) is 65.9 Å². The van der Waals surface area contributed by atoms with Gasteiger partial charge in [0, 0.05) is 52.0 Å². The Morgan fingerprint density at radius 2 is 1.59 bits per heavy atom. The smallest absolute Gasteiger partial charge is 0.338 e. The number of carbonyl (C=O) groups is 2. The van der Waals surface area contributed by atoms with E-state index in [1.54, 1.807) is 18.9 Å². The van der Waals surface area contributed by atoms with Crippen LogP contribution in [0.4, 0.5) is 4.79 Å². The van der Waals surface area contributed by atoms with E-state index in [0.29, 0.717) is 17.8 Å². The zero-order valence-electron chi connectivity index (χ0n) is 20.3. The number of amides is 2. The van der Waals surface area contributed by atoms with Crippen LogP contribution in [0.25, 0.3) is 0 Å². The zero-order chi connectivity index (χ0) is 24.1. The number of hydrogen-bond donors (Lipinski definition) is 1. The number of rotatable bonds is 7. The van der Waals surface area contributed by atoms with Crippen molar-refractivity contribution >= 4 is 12.0 Å². The van der Waals surface area contributed by atoms with Crippen molar-refractivity contribution in [2.24, 2.45) is 0 Å². The third kappa shape index (κ3) is 5.32. The van der Waals surface area contributed by atoms with Crippen LogP contribution >= 0.6 is 0 Å². The first-order chi connectivity index (χ1) is 16.5. The summed E-state index contributed by atoms with van der Waals surface area (Å²) in [5.74, 6) is -0.375. The zero-order valence-corrected chi connectivity index (χ0v) is 20.3. The van der Waals surface area contributed by atoms with Crippen LogP contribution in [-0.4, -0.2) is 73.1 Å². The third-order valence-corrected chi connectivity index (χ3v) is 6.66. The molecule has 0 spiro atoms. The average molecular weight is 463 g/mol. The van der Waals surface area contributed by atoms with Crippen LogP contribution < -0.4 is 5.32 Å². The molecule has 2 aliphatic heterocycles. The number of carbonyl (C=O) groups excluding carboxylic acids is 2. The summed E-state index contributed by atoms with van der Waals surface area (Å²) in [6.07, 6.45) is 0.